The SMILES string of the molecule is Nc1cc(Cl)c(Oc2nnc(Cl)c3c2C2CCC3C2)c(Cl)c1. The van der Waals surface area contributed by atoms with Gasteiger partial charge in [-0.05, 0) is 43.2 Å². The Kier molecular flexibility index (Phi) is 3.36. The zero-order valence-corrected chi connectivity index (χ0v) is 13.7. The van der Waals surface area contributed by atoms with Crippen LogP contribution in [-0.4, -0.2) is 10.2 Å². The number of ether oxygens (including phenoxy) is 1. The zero-order chi connectivity index (χ0) is 15.4. The van der Waals surface area contributed by atoms with Crippen molar-refractivity contribution in [2.24, 2.45) is 0 Å². The molecule has 7 heteroatoms. The predicted octanol–water partition coefficient (Wildman–Crippen LogP) is 5.18. The Bertz CT molecular complexity index is 758. The molecule has 0 aliphatic heterocycles. The summed E-state index contributed by atoms with van der Waals surface area (Å²) in [7, 11) is 0. The number of halogens is 3. The lowest BCUT2D eigenvalue weighted by Gasteiger charge is -2.19. The van der Waals surface area contributed by atoms with E-state index in [2.05, 4.69) is 10.2 Å². The van der Waals surface area contributed by atoms with Gasteiger partial charge in [0.15, 0.2) is 10.9 Å². The summed E-state index contributed by atoms with van der Waals surface area (Å²) in [5, 5.41) is 9.31. The van der Waals surface area contributed by atoms with Crippen molar-refractivity contribution < 1.29 is 4.74 Å². The molecule has 2 aliphatic carbocycles. The fourth-order valence-corrected chi connectivity index (χ4v) is 4.44. The molecule has 4 nitrogen and oxygen atoms in total. The summed E-state index contributed by atoms with van der Waals surface area (Å²) < 4.78 is 5.89. The van der Waals surface area contributed by atoms with Crippen LogP contribution in [0.1, 0.15) is 42.2 Å². The average Bonchev–Trinajstić information content (AvgIpc) is 3.06. The summed E-state index contributed by atoms with van der Waals surface area (Å²) in [6.07, 6.45) is 3.35. The van der Waals surface area contributed by atoms with E-state index in [0.717, 1.165) is 30.4 Å². The van der Waals surface area contributed by atoms with Crippen LogP contribution in [0.2, 0.25) is 15.2 Å². The van der Waals surface area contributed by atoms with Crippen molar-refractivity contribution in [1.29, 1.82) is 0 Å². The van der Waals surface area contributed by atoms with E-state index in [4.69, 9.17) is 45.3 Å². The number of nitrogen functional groups attached to an aromatic ring is 1. The van der Waals surface area contributed by atoms with Crippen LogP contribution in [0.25, 0.3) is 0 Å². The van der Waals surface area contributed by atoms with Crippen LogP contribution < -0.4 is 10.5 Å². The molecule has 2 aromatic rings. The lowest BCUT2D eigenvalue weighted by molar-refractivity contribution is 0.442. The topological polar surface area (TPSA) is 61.0 Å². The summed E-state index contributed by atoms with van der Waals surface area (Å²) in [6.45, 7) is 0. The Morgan fingerprint density at radius 3 is 2.32 bits per heavy atom. The first-order valence-electron chi connectivity index (χ1n) is 7.03. The predicted molar refractivity (Wildman–Crippen MR) is 87.3 cm³/mol. The Balaban J connectivity index is 1.80. The number of hydrogen-bond donors (Lipinski definition) is 1. The quantitative estimate of drug-likeness (QED) is 0.753. The summed E-state index contributed by atoms with van der Waals surface area (Å²) in [4.78, 5) is 0. The van der Waals surface area contributed by atoms with Gasteiger partial charge in [-0.3, -0.25) is 0 Å². The van der Waals surface area contributed by atoms with Gasteiger partial charge in [0, 0.05) is 16.8 Å². The monoisotopic (exact) mass is 355 g/mol. The normalized spacial score (nSPS) is 22.0. The molecule has 4 rings (SSSR count). The molecular weight excluding hydrogens is 345 g/mol. The molecule has 2 unspecified atom stereocenters. The van der Waals surface area contributed by atoms with Gasteiger partial charge >= 0.3 is 0 Å². The maximum absolute atomic E-state index is 6.22. The first kappa shape index (κ1) is 14.4. The van der Waals surface area contributed by atoms with E-state index >= 15 is 0 Å². The third-order valence-corrected chi connectivity index (χ3v) is 5.28. The minimum absolute atomic E-state index is 0.346. The second-order valence-electron chi connectivity index (χ2n) is 5.75. The Morgan fingerprint density at radius 1 is 1.00 bits per heavy atom. The number of nitrogens with two attached hydrogens (primary N) is 1. The molecule has 0 radical (unpaired) electrons. The fraction of sp³-hybridized carbons (Fsp3) is 0.333. The van der Waals surface area contributed by atoms with E-state index < -0.39 is 0 Å². The highest BCUT2D eigenvalue weighted by Crippen LogP contribution is 2.57. The third kappa shape index (κ3) is 2.13. The number of benzene rings is 1. The molecule has 2 bridgehead atoms. The van der Waals surface area contributed by atoms with Crippen molar-refractivity contribution in [3.8, 4) is 11.6 Å². The molecule has 1 fully saturated rings. The lowest BCUT2D eigenvalue weighted by Crippen LogP contribution is -2.06. The summed E-state index contributed by atoms with van der Waals surface area (Å²) in [5.41, 5.74) is 8.32. The van der Waals surface area contributed by atoms with Crippen LogP contribution in [0.3, 0.4) is 0 Å². The van der Waals surface area contributed by atoms with E-state index in [1.807, 2.05) is 0 Å². The third-order valence-electron chi connectivity index (χ3n) is 4.44. The van der Waals surface area contributed by atoms with Gasteiger partial charge in [0.05, 0.1) is 10.0 Å². The van der Waals surface area contributed by atoms with E-state index in [-0.39, 0.29) is 0 Å². The second kappa shape index (κ2) is 5.15. The molecule has 2 atom stereocenters. The minimum atomic E-state index is 0.346. The maximum Gasteiger partial charge on any atom is 0.242 e. The lowest BCUT2D eigenvalue weighted by atomic mass is 9.94. The highest BCUT2D eigenvalue weighted by molar-refractivity contribution is 6.37. The van der Waals surface area contributed by atoms with Crippen molar-refractivity contribution in [1.82, 2.24) is 10.2 Å². The Hall–Kier alpha value is -1.23. The Morgan fingerprint density at radius 2 is 1.64 bits per heavy atom. The van der Waals surface area contributed by atoms with Gasteiger partial charge in [-0.25, -0.2) is 0 Å². The van der Waals surface area contributed by atoms with Crippen molar-refractivity contribution >= 4 is 40.5 Å². The van der Waals surface area contributed by atoms with Gasteiger partial charge < -0.3 is 10.5 Å². The van der Waals surface area contributed by atoms with E-state index in [1.54, 1.807) is 12.1 Å². The molecular formula is C15H12Cl3N3O. The van der Waals surface area contributed by atoms with E-state index in [1.165, 1.54) is 0 Å². The van der Waals surface area contributed by atoms with Crippen LogP contribution in [0, 0.1) is 0 Å². The molecule has 0 spiro atoms. The van der Waals surface area contributed by atoms with Gasteiger partial charge in [0.25, 0.3) is 0 Å². The van der Waals surface area contributed by atoms with Crippen molar-refractivity contribution in [3.63, 3.8) is 0 Å². The Labute approximate surface area is 142 Å². The average molecular weight is 357 g/mol. The number of rotatable bonds is 2. The van der Waals surface area contributed by atoms with E-state index in [9.17, 15) is 0 Å². The van der Waals surface area contributed by atoms with Crippen molar-refractivity contribution in [3.05, 3.63) is 38.5 Å². The van der Waals surface area contributed by atoms with Crippen LogP contribution >= 0.6 is 34.8 Å². The second-order valence-corrected chi connectivity index (χ2v) is 6.92. The minimum Gasteiger partial charge on any atom is -0.434 e. The maximum atomic E-state index is 6.22. The van der Waals surface area contributed by atoms with Crippen LogP contribution in [0.15, 0.2) is 12.1 Å². The number of nitrogens with zero attached hydrogens (tertiary/aromatic N) is 2. The van der Waals surface area contributed by atoms with Crippen molar-refractivity contribution in [2.75, 3.05) is 5.73 Å². The number of hydrogen-bond acceptors (Lipinski definition) is 4. The molecule has 1 saturated carbocycles. The van der Waals surface area contributed by atoms with Gasteiger partial charge in [0.1, 0.15) is 0 Å². The number of anilines is 1. The molecule has 0 amide bonds. The highest BCUT2D eigenvalue weighted by Gasteiger charge is 2.42. The summed E-state index contributed by atoms with van der Waals surface area (Å²) in [5.74, 6) is 1.68. The number of fused-ring (bicyclic) bond motifs is 5. The standard InChI is InChI=1S/C15H12Cl3N3O/c16-9-4-8(19)5-10(17)13(9)22-15-12-7-2-1-6(3-7)11(12)14(18)20-21-15/h4-7H,1-3,19H2. The molecule has 2 N–H and O–H groups in total. The van der Waals surface area contributed by atoms with Crippen LogP contribution in [0.5, 0.6) is 11.6 Å². The summed E-state index contributed by atoms with van der Waals surface area (Å²) >= 11 is 18.6. The summed E-state index contributed by atoms with van der Waals surface area (Å²) in [6, 6.07) is 3.19. The molecule has 1 aromatic heterocycles. The molecule has 22 heavy (non-hydrogen) atoms. The van der Waals surface area contributed by atoms with Crippen LogP contribution in [-0.2, 0) is 0 Å². The molecule has 1 heterocycles. The van der Waals surface area contributed by atoms with Gasteiger partial charge in [-0.2, -0.15) is 0 Å². The molecule has 2 aliphatic rings. The molecule has 114 valence electrons. The zero-order valence-electron chi connectivity index (χ0n) is 11.4. The first-order chi connectivity index (χ1) is 10.5. The van der Waals surface area contributed by atoms with Gasteiger partial charge in [-0.15, -0.1) is 10.2 Å². The molecule has 1 aromatic carbocycles. The van der Waals surface area contributed by atoms with Crippen LogP contribution in [0.4, 0.5) is 5.69 Å². The van der Waals surface area contributed by atoms with Gasteiger partial charge in [0.2, 0.25) is 5.88 Å². The fourth-order valence-electron chi connectivity index (χ4n) is 3.56. The molecule has 0 saturated heterocycles. The highest BCUT2D eigenvalue weighted by atomic mass is 35.5. The smallest absolute Gasteiger partial charge is 0.242 e. The van der Waals surface area contributed by atoms with Crippen molar-refractivity contribution in [2.45, 2.75) is 31.1 Å². The number of aromatic nitrogens is 2. The van der Waals surface area contributed by atoms with E-state index in [0.29, 0.717) is 44.4 Å². The van der Waals surface area contributed by atoms with Gasteiger partial charge in [-0.1, -0.05) is 34.8 Å². The largest absolute Gasteiger partial charge is 0.434 e. The first-order valence-corrected chi connectivity index (χ1v) is 8.16.